The molecule has 0 fully saturated rings. The number of hydrogen-bond acceptors (Lipinski definition) is 4. The molecule has 0 atom stereocenters. The molecule has 1 aromatic heterocycles. The van der Waals surface area contributed by atoms with Crippen molar-refractivity contribution in [3.8, 4) is 11.6 Å². The Morgan fingerprint density at radius 3 is 2.76 bits per heavy atom. The number of hydrogen-bond donors (Lipinski definition) is 1. The highest BCUT2D eigenvalue weighted by Gasteiger charge is 2.01. The summed E-state index contributed by atoms with van der Waals surface area (Å²) in [4.78, 5) is 0. The zero-order chi connectivity index (χ0) is 12.1. The molecule has 0 unspecified atom stereocenters. The third-order valence-electron chi connectivity index (χ3n) is 2.07. The van der Waals surface area contributed by atoms with E-state index in [1.165, 1.54) is 12.1 Å². The van der Waals surface area contributed by atoms with Crippen LogP contribution in [0.4, 0.5) is 4.39 Å². The summed E-state index contributed by atoms with van der Waals surface area (Å²) in [5.74, 6) is 0.401. The molecule has 4 nitrogen and oxygen atoms in total. The summed E-state index contributed by atoms with van der Waals surface area (Å²) in [7, 11) is 1.83. The molecule has 0 aliphatic heterocycles. The maximum atomic E-state index is 12.9. The van der Waals surface area contributed by atoms with Gasteiger partial charge in [-0.15, -0.1) is 5.10 Å². The number of rotatable bonds is 4. The number of ether oxygens (including phenoxy) is 1. The molecular weight excluding hydrogens is 221 g/mol. The molecule has 0 aliphatic rings. The van der Waals surface area contributed by atoms with Crippen LogP contribution in [0.15, 0.2) is 36.4 Å². The van der Waals surface area contributed by atoms with Crippen molar-refractivity contribution in [2.75, 3.05) is 7.05 Å². The van der Waals surface area contributed by atoms with E-state index >= 15 is 0 Å². The van der Waals surface area contributed by atoms with E-state index in [2.05, 4.69) is 15.5 Å². The van der Waals surface area contributed by atoms with Gasteiger partial charge in [0, 0.05) is 18.7 Å². The number of benzene rings is 1. The minimum Gasteiger partial charge on any atom is -0.437 e. The van der Waals surface area contributed by atoms with Crippen molar-refractivity contribution in [3.63, 3.8) is 0 Å². The Labute approximate surface area is 98.5 Å². The molecule has 1 heterocycles. The van der Waals surface area contributed by atoms with E-state index in [0.29, 0.717) is 18.2 Å². The monoisotopic (exact) mass is 233 g/mol. The summed E-state index contributed by atoms with van der Waals surface area (Å²) >= 11 is 0. The molecule has 17 heavy (non-hydrogen) atoms. The van der Waals surface area contributed by atoms with Gasteiger partial charge in [-0.05, 0) is 25.2 Å². The van der Waals surface area contributed by atoms with Gasteiger partial charge < -0.3 is 10.1 Å². The summed E-state index contributed by atoms with van der Waals surface area (Å²) in [6.07, 6.45) is 0. The minimum atomic E-state index is -0.345. The van der Waals surface area contributed by atoms with Gasteiger partial charge in [0.2, 0.25) is 5.88 Å². The van der Waals surface area contributed by atoms with Crippen LogP contribution >= 0.6 is 0 Å². The smallest absolute Gasteiger partial charge is 0.238 e. The van der Waals surface area contributed by atoms with Gasteiger partial charge in [0.25, 0.3) is 0 Å². The van der Waals surface area contributed by atoms with Crippen molar-refractivity contribution >= 4 is 0 Å². The number of nitrogens with one attached hydrogen (secondary N) is 1. The van der Waals surface area contributed by atoms with E-state index < -0.39 is 0 Å². The fraction of sp³-hybridized carbons (Fsp3) is 0.167. The molecule has 0 amide bonds. The first-order valence-electron chi connectivity index (χ1n) is 5.18. The van der Waals surface area contributed by atoms with Crippen molar-refractivity contribution in [2.24, 2.45) is 0 Å². The maximum absolute atomic E-state index is 12.9. The van der Waals surface area contributed by atoms with E-state index in [4.69, 9.17) is 4.74 Å². The van der Waals surface area contributed by atoms with Crippen LogP contribution in [0.1, 0.15) is 5.69 Å². The zero-order valence-electron chi connectivity index (χ0n) is 9.35. The van der Waals surface area contributed by atoms with Crippen LogP contribution in [0.5, 0.6) is 11.6 Å². The predicted molar refractivity (Wildman–Crippen MR) is 61.3 cm³/mol. The highest BCUT2D eigenvalue weighted by molar-refractivity contribution is 5.27. The fourth-order valence-electron chi connectivity index (χ4n) is 1.33. The molecule has 1 N–H and O–H groups in total. The summed E-state index contributed by atoms with van der Waals surface area (Å²) in [6, 6.07) is 9.39. The van der Waals surface area contributed by atoms with Gasteiger partial charge in [0.05, 0.1) is 5.69 Å². The van der Waals surface area contributed by atoms with Crippen molar-refractivity contribution in [1.29, 1.82) is 0 Å². The van der Waals surface area contributed by atoms with E-state index in [-0.39, 0.29) is 5.82 Å². The summed E-state index contributed by atoms with van der Waals surface area (Å²) in [5.41, 5.74) is 0.819. The quantitative estimate of drug-likeness (QED) is 0.878. The van der Waals surface area contributed by atoms with Crippen LogP contribution in [0.3, 0.4) is 0 Å². The SMILES string of the molecule is CNCc1ccc(Oc2cccc(F)c2)nn1. The lowest BCUT2D eigenvalue weighted by molar-refractivity contribution is 0.449. The summed E-state index contributed by atoms with van der Waals surface area (Å²) in [6.45, 7) is 0.646. The topological polar surface area (TPSA) is 47.0 Å². The lowest BCUT2D eigenvalue weighted by atomic mass is 10.3. The molecule has 0 saturated carbocycles. The van der Waals surface area contributed by atoms with E-state index in [9.17, 15) is 4.39 Å². The van der Waals surface area contributed by atoms with Crippen molar-refractivity contribution < 1.29 is 9.13 Å². The van der Waals surface area contributed by atoms with Crippen LogP contribution in [0, 0.1) is 5.82 Å². The lowest BCUT2D eigenvalue weighted by Gasteiger charge is -2.04. The molecule has 0 aliphatic carbocycles. The first-order valence-corrected chi connectivity index (χ1v) is 5.18. The molecule has 1 aromatic carbocycles. The maximum Gasteiger partial charge on any atom is 0.238 e. The average Bonchev–Trinajstić information content (AvgIpc) is 2.32. The van der Waals surface area contributed by atoms with E-state index in [0.717, 1.165) is 5.69 Å². The normalized spacial score (nSPS) is 10.2. The van der Waals surface area contributed by atoms with Crippen LogP contribution in [-0.2, 0) is 6.54 Å². The second kappa shape index (κ2) is 5.36. The lowest BCUT2D eigenvalue weighted by Crippen LogP contribution is -2.07. The van der Waals surface area contributed by atoms with Gasteiger partial charge in [-0.1, -0.05) is 6.07 Å². The Hall–Kier alpha value is -2.01. The Morgan fingerprint density at radius 2 is 2.12 bits per heavy atom. The molecule has 2 aromatic rings. The second-order valence-electron chi connectivity index (χ2n) is 3.45. The molecule has 0 radical (unpaired) electrons. The molecule has 0 saturated heterocycles. The Kier molecular flexibility index (Phi) is 3.62. The predicted octanol–water partition coefficient (Wildman–Crippen LogP) is 2.13. The summed E-state index contributed by atoms with van der Waals surface area (Å²) < 4.78 is 18.3. The number of nitrogens with zero attached hydrogens (tertiary/aromatic N) is 2. The van der Waals surface area contributed by atoms with Gasteiger partial charge in [-0.25, -0.2) is 4.39 Å². The largest absolute Gasteiger partial charge is 0.437 e. The van der Waals surface area contributed by atoms with Gasteiger partial charge in [-0.2, -0.15) is 5.10 Å². The molecule has 88 valence electrons. The Morgan fingerprint density at radius 1 is 1.24 bits per heavy atom. The van der Waals surface area contributed by atoms with Gasteiger partial charge >= 0.3 is 0 Å². The van der Waals surface area contributed by atoms with Gasteiger partial charge in [-0.3, -0.25) is 0 Å². The van der Waals surface area contributed by atoms with Crippen molar-refractivity contribution in [1.82, 2.24) is 15.5 Å². The van der Waals surface area contributed by atoms with Crippen LogP contribution in [0.25, 0.3) is 0 Å². The number of aromatic nitrogens is 2. The van der Waals surface area contributed by atoms with Crippen molar-refractivity contribution in [2.45, 2.75) is 6.54 Å². The zero-order valence-corrected chi connectivity index (χ0v) is 9.35. The Bertz CT molecular complexity index is 487. The van der Waals surface area contributed by atoms with E-state index in [1.807, 2.05) is 7.05 Å². The highest BCUT2D eigenvalue weighted by Crippen LogP contribution is 2.19. The average molecular weight is 233 g/mol. The first kappa shape index (κ1) is 11.5. The molecule has 0 spiro atoms. The van der Waals surface area contributed by atoms with Crippen molar-refractivity contribution in [3.05, 3.63) is 47.9 Å². The van der Waals surface area contributed by atoms with Crippen LogP contribution in [0.2, 0.25) is 0 Å². The fourth-order valence-corrected chi connectivity index (χ4v) is 1.33. The highest BCUT2D eigenvalue weighted by atomic mass is 19.1. The van der Waals surface area contributed by atoms with Gasteiger partial charge in [0.15, 0.2) is 0 Å². The number of halogens is 1. The van der Waals surface area contributed by atoms with E-state index in [1.54, 1.807) is 24.3 Å². The second-order valence-corrected chi connectivity index (χ2v) is 3.45. The summed E-state index contributed by atoms with van der Waals surface area (Å²) in [5, 5.41) is 10.8. The Balaban J connectivity index is 2.08. The van der Waals surface area contributed by atoms with Gasteiger partial charge in [0.1, 0.15) is 11.6 Å². The minimum absolute atomic E-state index is 0.343. The molecule has 2 rings (SSSR count). The standard InChI is InChI=1S/C12H12FN3O/c1-14-8-10-5-6-12(16-15-10)17-11-4-2-3-9(13)7-11/h2-7,14H,8H2,1H3. The van der Waals surface area contributed by atoms with Crippen LogP contribution in [-0.4, -0.2) is 17.2 Å². The molecular formula is C12H12FN3O. The third kappa shape index (κ3) is 3.22. The third-order valence-corrected chi connectivity index (χ3v) is 2.07. The first-order chi connectivity index (χ1) is 8.28. The molecule has 0 bridgehead atoms. The molecule has 5 heteroatoms. The van der Waals surface area contributed by atoms with Crippen LogP contribution < -0.4 is 10.1 Å².